The van der Waals surface area contributed by atoms with Gasteiger partial charge in [0.2, 0.25) is 0 Å². The number of rotatable bonds is 5. The van der Waals surface area contributed by atoms with Crippen molar-refractivity contribution in [3.8, 4) is 11.8 Å². The SMILES string of the molecule is CCOc1ccccc1C(=O)C(C#N)CC. The van der Waals surface area contributed by atoms with Crippen LogP contribution in [0.4, 0.5) is 0 Å². The van der Waals surface area contributed by atoms with Crippen LogP contribution in [0.5, 0.6) is 5.75 Å². The van der Waals surface area contributed by atoms with Crippen LogP contribution in [0.25, 0.3) is 0 Å². The molecule has 1 unspecified atom stereocenters. The summed E-state index contributed by atoms with van der Waals surface area (Å²) in [6, 6.07) is 9.06. The van der Waals surface area contributed by atoms with Crippen molar-refractivity contribution in [2.75, 3.05) is 6.61 Å². The van der Waals surface area contributed by atoms with Crippen molar-refractivity contribution in [2.45, 2.75) is 20.3 Å². The van der Waals surface area contributed by atoms with Crippen LogP contribution in [0.3, 0.4) is 0 Å². The monoisotopic (exact) mass is 217 g/mol. The topological polar surface area (TPSA) is 50.1 Å². The molecule has 0 radical (unpaired) electrons. The lowest BCUT2D eigenvalue weighted by Gasteiger charge is -2.10. The zero-order valence-corrected chi connectivity index (χ0v) is 9.56. The second-order valence-electron chi connectivity index (χ2n) is 3.38. The molecule has 0 fully saturated rings. The molecule has 3 nitrogen and oxygen atoms in total. The standard InChI is InChI=1S/C13H15NO2/c1-3-10(9-14)13(15)11-7-5-6-8-12(11)16-4-2/h5-8,10H,3-4H2,1-2H3. The van der Waals surface area contributed by atoms with Crippen LogP contribution in [-0.4, -0.2) is 12.4 Å². The highest BCUT2D eigenvalue weighted by Gasteiger charge is 2.20. The van der Waals surface area contributed by atoms with Crippen molar-refractivity contribution < 1.29 is 9.53 Å². The van der Waals surface area contributed by atoms with Crippen LogP contribution in [0.2, 0.25) is 0 Å². The van der Waals surface area contributed by atoms with Gasteiger partial charge in [-0.3, -0.25) is 4.79 Å². The number of hydrogen-bond acceptors (Lipinski definition) is 3. The number of ether oxygens (including phenoxy) is 1. The van der Waals surface area contributed by atoms with E-state index in [1.54, 1.807) is 18.2 Å². The summed E-state index contributed by atoms with van der Waals surface area (Å²) in [6.07, 6.45) is 0.524. The Morgan fingerprint density at radius 2 is 2.12 bits per heavy atom. The number of nitriles is 1. The van der Waals surface area contributed by atoms with Crippen LogP contribution in [-0.2, 0) is 0 Å². The molecule has 0 saturated heterocycles. The van der Waals surface area contributed by atoms with E-state index in [-0.39, 0.29) is 5.78 Å². The van der Waals surface area contributed by atoms with E-state index in [1.807, 2.05) is 26.0 Å². The van der Waals surface area contributed by atoms with Crippen molar-refractivity contribution in [1.29, 1.82) is 5.26 Å². The first-order chi connectivity index (χ1) is 7.74. The number of Topliss-reactive ketones (excluding diaryl/α,β-unsaturated/α-hetero) is 1. The summed E-state index contributed by atoms with van der Waals surface area (Å²) in [5, 5.41) is 8.87. The highest BCUT2D eigenvalue weighted by Crippen LogP contribution is 2.22. The Kier molecular flexibility index (Phi) is 4.53. The molecule has 0 aliphatic heterocycles. The van der Waals surface area contributed by atoms with Gasteiger partial charge in [0.1, 0.15) is 11.7 Å². The Balaban J connectivity index is 3.03. The van der Waals surface area contributed by atoms with Gasteiger partial charge in [0.05, 0.1) is 18.2 Å². The van der Waals surface area contributed by atoms with Crippen LogP contribution in [0.15, 0.2) is 24.3 Å². The van der Waals surface area contributed by atoms with E-state index in [4.69, 9.17) is 10.00 Å². The summed E-state index contributed by atoms with van der Waals surface area (Å²) >= 11 is 0. The predicted octanol–water partition coefficient (Wildman–Crippen LogP) is 2.82. The van der Waals surface area contributed by atoms with Crippen molar-refractivity contribution in [1.82, 2.24) is 0 Å². The quantitative estimate of drug-likeness (QED) is 0.712. The number of ketones is 1. The van der Waals surface area contributed by atoms with Crippen molar-refractivity contribution in [3.63, 3.8) is 0 Å². The molecule has 3 heteroatoms. The van der Waals surface area contributed by atoms with Gasteiger partial charge in [-0.25, -0.2) is 0 Å². The summed E-state index contributed by atoms with van der Waals surface area (Å²) in [5.41, 5.74) is 0.498. The third-order valence-electron chi connectivity index (χ3n) is 2.33. The Labute approximate surface area is 95.7 Å². The Bertz CT molecular complexity index is 407. The largest absolute Gasteiger partial charge is 0.493 e. The first-order valence-corrected chi connectivity index (χ1v) is 5.40. The molecule has 1 atom stereocenters. The summed E-state index contributed by atoms with van der Waals surface area (Å²) in [7, 11) is 0. The molecule has 0 amide bonds. The average molecular weight is 217 g/mol. The van der Waals surface area contributed by atoms with Gasteiger partial charge in [-0.1, -0.05) is 19.1 Å². The predicted molar refractivity (Wildman–Crippen MR) is 61.3 cm³/mol. The Morgan fingerprint density at radius 3 is 2.69 bits per heavy atom. The van der Waals surface area contributed by atoms with E-state index >= 15 is 0 Å². The molecule has 0 saturated carbocycles. The second kappa shape index (κ2) is 5.92. The highest BCUT2D eigenvalue weighted by atomic mass is 16.5. The number of nitrogens with zero attached hydrogens (tertiary/aromatic N) is 1. The van der Waals surface area contributed by atoms with Gasteiger partial charge in [-0.15, -0.1) is 0 Å². The summed E-state index contributed by atoms with van der Waals surface area (Å²) in [6.45, 7) is 4.20. The Morgan fingerprint density at radius 1 is 1.44 bits per heavy atom. The second-order valence-corrected chi connectivity index (χ2v) is 3.38. The van der Waals surface area contributed by atoms with Gasteiger partial charge in [-0.2, -0.15) is 5.26 Å². The average Bonchev–Trinajstić information content (AvgIpc) is 2.31. The minimum Gasteiger partial charge on any atom is -0.493 e. The molecule has 0 aliphatic rings. The molecule has 0 N–H and O–H groups in total. The molecule has 0 heterocycles. The summed E-state index contributed by atoms with van der Waals surface area (Å²) in [5.74, 6) is -0.181. The van der Waals surface area contributed by atoms with Crippen LogP contribution >= 0.6 is 0 Å². The number of benzene rings is 1. The maximum absolute atomic E-state index is 12.0. The normalized spacial score (nSPS) is 11.6. The smallest absolute Gasteiger partial charge is 0.183 e. The summed E-state index contributed by atoms with van der Waals surface area (Å²) in [4.78, 5) is 12.0. The molecule has 1 aromatic rings. The lowest BCUT2D eigenvalue weighted by molar-refractivity contribution is 0.0943. The molecule has 0 aromatic heterocycles. The number of carbonyl (C=O) groups excluding carboxylic acids is 1. The molecular weight excluding hydrogens is 202 g/mol. The van der Waals surface area contributed by atoms with Gasteiger partial charge in [0.15, 0.2) is 5.78 Å². The van der Waals surface area contributed by atoms with Gasteiger partial charge >= 0.3 is 0 Å². The van der Waals surface area contributed by atoms with Gasteiger partial charge in [-0.05, 0) is 25.5 Å². The maximum atomic E-state index is 12.0. The minimum atomic E-state index is -0.582. The van der Waals surface area contributed by atoms with Gasteiger partial charge in [0.25, 0.3) is 0 Å². The number of carbonyl (C=O) groups is 1. The number of hydrogen-bond donors (Lipinski definition) is 0. The molecule has 0 aliphatic carbocycles. The first kappa shape index (κ1) is 12.3. The zero-order chi connectivity index (χ0) is 12.0. The van der Waals surface area contributed by atoms with E-state index in [1.165, 1.54) is 0 Å². The third-order valence-corrected chi connectivity index (χ3v) is 2.33. The molecule has 1 aromatic carbocycles. The molecule has 0 bridgehead atoms. The van der Waals surface area contributed by atoms with Crippen molar-refractivity contribution >= 4 is 5.78 Å². The minimum absolute atomic E-state index is 0.158. The molecule has 0 spiro atoms. The fourth-order valence-corrected chi connectivity index (χ4v) is 1.47. The van der Waals surface area contributed by atoms with E-state index in [2.05, 4.69) is 0 Å². The van der Waals surface area contributed by atoms with Gasteiger partial charge < -0.3 is 4.74 Å². The maximum Gasteiger partial charge on any atom is 0.183 e. The fourth-order valence-electron chi connectivity index (χ4n) is 1.47. The van der Waals surface area contributed by atoms with Gasteiger partial charge in [0, 0.05) is 0 Å². The zero-order valence-electron chi connectivity index (χ0n) is 9.56. The van der Waals surface area contributed by atoms with E-state index < -0.39 is 5.92 Å². The summed E-state index contributed by atoms with van der Waals surface area (Å²) < 4.78 is 5.37. The lowest BCUT2D eigenvalue weighted by Crippen LogP contribution is -2.13. The molecule has 1 rings (SSSR count). The van der Waals surface area contributed by atoms with Crippen LogP contribution in [0.1, 0.15) is 30.6 Å². The number of para-hydroxylation sites is 1. The van der Waals surface area contributed by atoms with E-state index in [0.29, 0.717) is 24.3 Å². The van der Waals surface area contributed by atoms with Crippen LogP contribution < -0.4 is 4.74 Å². The van der Waals surface area contributed by atoms with Crippen molar-refractivity contribution in [2.24, 2.45) is 5.92 Å². The first-order valence-electron chi connectivity index (χ1n) is 5.40. The van der Waals surface area contributed by atoms with Crippen LogP contribution in [0, 0.1) is 17.2 Å². The van der Waals surface area contributed by atoms with Crippen molar-refractivity contribution in [3.05, 3.63) is 29.8 Å². The molecular formula is C13H15NO2. The lowest BCUT2D eigenvalue weighted by atomic mass is 9.96. The van der Waals surface area contributed by atoms with E-state index in [9.17, 15) is 4.79 Å². The Hall–Kier alpha value is -1.82. The molecule has 84 valence electrons. The fraction of sp³-hybridized carbons (Fsp3) is 0.385. The highest BCUT2D eigenvalue weighted by molar-refractivity contribution is 6.01. The third kappa shape index (κ3) is 2.60. The van der Waals surface area contributed by atoms with E-state index in [0.717, 1.165) is 0 Å². The molecule has 16 heavy (non-hydrogen) atoms.